The number of rotatable bonds is 5. The van der Waals surface area contributed by atoms with E-state index < -0.39 is 0 Å². The first-order chi connectivity index (χ1) is 7.29. The second kappa shape index (κ2) is 10.1. The van der Waals surface area contributed by atoms with Gasteiger partial charge in [-0.1, -0.05) is 0 Å². The van der Waals surface area contributed by atoms with E-state index in [9.17, 15) is 4.79 Å². The first-order valence-corrected chi connectivity index (χ1v) is 4.85. The van der Waals surface area contributed by atoms with Crippen LogP contribution in [-0.2, 0) is 0 Å². The van der Waals surface area contributed by atoms with Crippen LogP contribution in [0, 0.1) is 0 Å². The molecule has 0 aliphatic carbocycles. The van der Waals surface area contributed by atoms with Gasteiger partial charge in [-0.25, -0.2) is 4.98 Å². The van der Waals surface area contributed by atoms with Crippen LogP contribution < -0.4 is 15.8 Å². The Kier molecular flexibility index (Phi) is 10.9. The molecule has 0 fully saturated rings. The standard InChI is InChI=1S/C10H15N3O2.2ClH/c1-2-15-8-4-3-6-12-9(8)10(14)13-7-5-11;;/h3-4,6H,2,5,7,11H2,1H3,(H,13,14);2*1H. The largest absolute Gasteiger partial charge is 0.491 e. The molecule has 0 unspecified atom stereocenters. The minimum absolute atomic E-state index is 0. The van der Waals surface area contributed by atoms with Crippen molar-refractivity contribution in [3.63, 3.8) is 0 Å². The van der Waals surface area contributed by atoms with Crippen LogP contribution in [0.25, 0.3) is 0 Å². The molecule has 0 aliphatic rings. The van der Waals surface area contributed by atoms with Crippen LogP contribution in [0.3, 0.4) is 0 Å². The van der Waals surface area contributed by atoms with E-state index in [-0.39, 0.29) is 30.7 Å². The highest BCUT2D eigenvalue weighted by Crippen LogP contribution is 2.14. The first kappa shape index (κ1) is 18.3. The molecule has 0 aliphatic heterocycles. The highest BCUT2D eigenvalue weighted by Gasteiger charge is 2.12. The van der Waals surface area contributed by atoms with Gasteiger partial charge in [0.15, 0.2) is 11.4 Å². The normalized spacial score (nSPS) is 8.59. The van der Waals surface area contributed by atoms with E-state index in [0.29, 0.717) is 31.1 Å². The van der Waals surface area contributed by atoms with Crippen LogP contribution in [0.5, 0.6) is 5.75 Å². The van der Waals surface area contributed by atoms with Crippen LogP contribution in [0.15, 0.2) is 18.3 Å². The van der Waals surface area contributed by atoms with Gasteiger partial charge in [0.1, 0.15) is 0 Å². The Morgan fingerprint density at radius 3 is 2.82 bits per heavy atom. The molecule has 98 valence electrons. The highest BCUT2D eigenvalue weighted by atomic mass is 35.5. The third-order valence-electron chi connectivity index (χ3n) is 1.72. The lowest BCUT2D eigenvalue weighted by atomic mass is 10.3. The van der Waals surface area contributed by atoms with Gasteiger partial charge in [-0.3, -0.25) is 4.79 Å². The first-order valence-electron chi connectivity index (χ1n) is 4.85. The zero-order valence-electron chi connectivity index (χ0n) is 9.51. The number of pyridine rings is 1. The molecule has 1 aromatic heterocycles. The van der Waals surface area contributed by atoms with Crippen molar-refractivity contribution >= 4 is 30.7 Å². The smallest absolute Gasteiger partial charge is 0.273 e. The highest BCUT2D eigenvalue weighted by molar-refractivity contribution is 5.94. The summed E-state index contributed by atoms with van der Waals surface area (Å²) in [5.41, 5.74) is 5.58. The van der Waals surface area contributed by atoms with Crippen molar-refractivity contribution < 1.29 is 9.53 Å². The summed E-state index contributed by atoms with van der Waals surface area (Å²) in [7, 11) is 0. The van der Waals surface area contributed by atoms with Crippen molar-refractivity contribution in [3.05, 3.63) is 24.0 Å². The molecule has 17 heavy (non-hydrogen) atoms. The van der Waals surface area contributed by atoms with Crippen LogP contribution in [0.4, 0.5) is 0 Å². The molecular weight excluding hydrogens is 265 g/mol. The lowest BCUT2D eigenvalue weighted by molar-refractivity contribution is 0.0945. The number of hydrogen-bond donors (Lipinski definition) is 2. The average molecular weight is 282 g/mol. The van der Waals surface area contributed by atoms with Gasteiger partial charge in [-0.05, 0) is 19.1 Å². The van der Waals surface area contributed by atoms with Gasteiger partial charge in [0.05, 0.1) is 6.61 Å². The molecule has 0 saturated heterocycles. The molecule has 1 heterocycles. The minimum atomic E-state index is -0.260. The maximum atomic E-state index is 11.6. The summed E-state index contributed by atoms with van der Waals surface area (Å²) in [4.78, 5) is 15.6. The van der Waals surface area contributed by atoms with E-state index >= 15 is 0 Å². The summed E-state index contributed by atoms with van der Waals surface area (Å²) in [5, 5.41) is 2.64. The summed E-state index contributed by atoms with van der Waals surface area (Å²) >= 11 is 0. The number of carbonyl (C=O) groups is 1. The summed E-state index contributed by atoms with van der Waals surface area (Å²) in [6, 6.07) is 3.44. The zero-order chi connectivity index (χ0) is 11.1. The number of nitrogens with two attached hydrogens (primary N) is 1. The number of halogens is 2. The quantitative estimate of drug-likeness (QED) is 0.845. The molecule has 0 aromatic carbocycles. The molecule has 1 aromatic rings. The van der Waals surface area contributed by atoms with E-state index in [4.69, 9.17) is 10.5 Å². The van der Waals surface area contributed by atoms with Crippen molar-refractivity contribution in [1.82, 2.24) is 10.3 Å². The van der Waals surface area contributed by atoms with Gasteiger partial charge in [-0.2, -0.15) is 0 Å². The Hall–Kier alpha value is -1.04. The second-order valence-electron chi connectivity index (χ2n) is 2.83. The summed E-state index contributed by atoms with van der Waals surface area (Å²) in [6.45, 7) is 3.20. The Morgan fingerprint density at radius 2 is 2.24 bits per heavy atom. The molecule has 0 atom stereocenters. The number of nitrogens with zero attached hydrogens (tertiary/aromatic N) is 1. The van der Waals surface area contributed by atoms with Gasteiger partial charge in [0.2, 0.25) is 0 Å². The van der Waals surface area contributed by atoms with Gasteiger partial charge in [-0.15, -0.1) is 24.8 Å². The molecule has 3 N–H and O–H groups in total. The third kappa shape index (κ3) is 5.72. The van der Waals surface area contributed by atoms with Gasteiger partial charge < -0.3 is 15.8 Å². The van der Waals surface area contributed by atoms with E-state index in [0.717, 1.165) is 0 Å². The van der Waals surface area contributed by atoms with E-state index in [1.165, 1.54) is 0 Å². The van der Waals surface area contributed by atoms with Crippen LogP contribution in [0.2, 0.25) is 0 Å². The fourth-order valence-electron chi connectivity index (χ4n) is 1.10. The molecule has 1 rings (SSSR count). The fraction of sp³-hybridized carbons (Fsp3) is 0.400. The SMILES string of the molecule is CCOc1cccnc1C(=O)NCCN.Cl.Cl. The number of carbonyl (C=O) groups excluding carboxylic acids is 1. The minimum Gasteiger partial charge on any atom is -0.491 e. The fourth-order valence-corrected chi connectivity index (χ4v) is 1.10. The van der Waals surface area contributed by atoms with E-state index in [1.54, 1.807) is 18.3 Å². The van der Waals surface area contributed by atoms with Crippen LogP contribution >= 0.6 is 24.8 Å². The second-order valence-corrected chi connectivity index (χ2v) is 2.83. The molecule has 5 nitrogen and oxygen atoms in total. The Bertz CT molecular complexity index is 337. The maximum Gasteiger partial charge on any atom is 0.273 e. The lowest BCUT2D eigenvalue weighted by Gasteiger charge is -2.08. The number of amides is 1. The zero-order valence-corrected chi connectivity index (χ0v) is 11.1. The number of hydrogen-bond acceptors (Lipinski definition) is 4. The molecule has 0 spiro atoms. The summed E-state index contributed by atoms with van der Waals surface area (Å²) < 4.78 is 5.28. The van der Waals surface area contributed by atoms with Crippen molar-refractivity contribution in [2.75, 3.05) is 19.7 Å². The van der Waals surface area contributed by atoms with Crippen molar-refractivity contribution in [2.24, 2.45) is 5.73 Å². The van der Waals surface area contributed by atoms with E-state index in [1.807, 2.05) is 6.92 Å². The van der Waals surface area contributed by atoms with E-state index in [2.05, 4.69) is 10.3 Å². The Morgan fingerprint density at radius 1 is 1.53 bits per heavy atom. The molecular formula is C10H17Cl2N3O2. The molecule has 7 heteroatoms. The van der Waals surface area contributed by atoms with Gasteiger partial charge in [0.25, 0.3) is 5.91 Å². The predicted octanol–water partition coefficient (Wildman–Crippen LogP) is 1.01. The van der Waals surface area contributed by atoms with Crippen molar-refractivity contribution in [1.29, 1.82) is 0 Å². The lowest BCUT2D eigenvalue weighted by Crippen LogP contribution is -2.30. The Balaban J connectivity index is 0. The third-order valence-corrected chi connectivity index (χ3v) is 1.72. The number of ether oxygens (including phenoxy) is 1. The van der Waals surface area contributed by atoms with Crippen LogP contribution in [-0.4, -0.2) is 30.6 Å². The van der Waals surface area contributed by atoms with Crippen LogP contribution in [0.1, 0.15) is 17.4 Å². The molecule has 0 radical (unpaired) electrons. The number of aromatic nitrogens is 1. The van der Waals surface area contributed by atoms with Crippen molar-refractivity contribution in [3.8, 4) is 5.75 Å². The van der Waals surface area contributed by atoms with Gasteiger partial charge in [0, 0.05) is 19.3 Å². The van der Waals surface area contributed by atoms with Crippen molar-refractivity contribution in [2.45, 2.75) is 6.92 Å². The Labute approximate surface area is 113 Å². The summed E-state index contributed by atoms with van der Waals surface area (Å²) in [5.74, 6) is 0.235. The molecule has 0 bridgehead atoms. The molecule has 1 amide bonds. The summed E-state index contributed by atoms with van der Waals surface area (Å²) in [6.07, 6.45) is 1.56. The topological polar surface area (TPSA) is 77.2 Å². The average Bonchev–Trinajstić information content (AvgIpc) is 2.27. The number of nitrogens with one attached hydrogen (secondary N) is 1. The monoisotopic (exact) mass is 281 g/mol. The van der Waals surface area contributed by atoms with Gasteiger partial charge >= 0.3 is 0 Å². The maximum absolute atomic E-state index is 11.6. The predicted molar refractivity (Wildman–Crippen MR) is 71.3 cm³/mol. The molecule has 0 saturated carbocycles.